The predicted octanol–water partition coefficient (Wildman–Crippen LogP) is 1.53. The summed E-state index contributed by atoms with van der Waals surface area (Å²) in [5.41, 5.74) is 0.527. The second kappa shape index (κ2) is 9.02. The van der Waals surface area contributed by atoms with Crippen molar-refractivity contribution in [2.75, 3.05) is 39.8 Å². The number of piperazine rings is 1. The van der Waals surface area contributed by atoms with Crippen LogP contribution in [0.5, 0.6) is 0 Å². The highest BCUT2D eigenvalue weighted by molar-refractivity contribution is 6.30. The van der Waals surface area contributed by atoms with Crippen molar-refractivity contribution < 1.29 is 9.72 Å². The molecule has 0 atom stereocenters. The Morgan fingerprint density at radius 3 is 2.70 bits per heavy atom. The Kier molecular flexibility index (Phi) is 7.70. The molecule has 23 heavy (non-hydrogen) atoms. The highest BCUT2D eigenvalue weighted by atomic mass is 35.5. The summed E-state index contributed by atoms with van der Waals surface area (Å²) in [6, 6.07) is 4.46. The Morgan fingerprint density at radius 1 is 1.43 bits per heavy atom. The number of nitro benzene ring substituents is 1. The maximum atomic E-state index is 12.2. The van der Waals surface area contributed by atoms with Crippen LogP contribution in [0, 0.1) is 10.1 Å². The first-order chi connectivity index (χ1) is 10.5. The molecule has 0 saturated carbocycles. The first-order valence-corrected chi connectivity index (χ1v) is 7.45. The van der Waals surface area contributed by atoms with Gasteiger partial charge in [-0.25, -0.2) is 0 Å². The average molecular weight is 363 g/mol. The third kappa shape index (κ3) is 5.62. The van der Waals surface area contributed by atoms with Gasteiger partial charge < -0.3 is 10.2 Å². The van der Waals surface area contributed by atoms with E-state index in [0.29, 0.717) is 30.2 Å². The minimum atomic E-state index is -0.433. The highest BCUT2D eigenvalue weighted by Gasteiger charge is 2.20. The van der Waals surface area contributed by atoms with Gasteiger partial charge in [-0.05, 0) is 19.2 Å². The molecule has 0 unspecified atom stereocenters. The molecule has 0 aliphatic carbocycles. The molecule has 1 aromatic rings. The topological polar surface area (TPSA) is 78.7 Å². The van der Waals surface area contributed by atoms with E-state index >= 15 is 0 Å². The fourth-order valence-electron chi connectivity index (χ4n) is 2.45. The van der Waals surface area contributed by atoms with Crippen molar-refractivity contribution in [2.45, 2.75) is 6.54 Å². The number of nitrogens with zero attached hydrogens (tertiary/aromatic N) is 3. The van der Waals surface area contributed by atoms with Crippen LogP contribution >= 0.6 is 24.0 Å². The van der Waals surface area contributed by atoms with Crippen LogP contribution in [0.3, 0.4) is 0 Å². The smallest absolute Gasteiger partial charge is 0.273 e. The molecule has 128 valence electrons. The number of benzene rings is 1. The molecule has 1 N–H and O–H groups in total. The Hall–Kier alpha value is -1.41. The Morgan fingerprint density at radius 2 is 2.09 bits per heavy atom. The van der Waals surface area contributed by atoms with Gasteiger partial charge in [0.1, 0.15) is 0 Å². The van der Waals surface area contributed by atoms with Crippen molar-refractivity contribution >= 4 is 35.6 Å². The molecule has 1 aliphatic heterocycles. The fourth-order valence-corrected chi connectivity index (χ4v) is 2.65. The summed E-state index contributed by atoms with van der Waals surface area (Å²) >= 11 is 5.91. The fraction of sp³-hybridized carbons (Fsp3) is 0.500. The molecule has 1 saturated heterocycles. The van der Waals surface area contributed by atoms with E-state index in [2.05, 4.69) is 5.32 Å². The molecule has 0 aromatic heterocycles. The van der Waals surface area contributed by atoms with Gasteiger partial charge in [0.25, 0.3) is 5.69 Å². The number of nitrogens with one attached hydrogen (secondary N) is 1. The van der Waals surface area contributed by atoms with E-state index in [1.165, 1.54) is 12.1 Å². The number of hydrogen-bond donors (Lipinski definition) is 1. The van der Waals surface area contributed by atoms with Gasteiger partial charge in [0.2, 0.25) is 5.91 Å². The standard InChI is InChI=1S/C14H19ClN4O3.ClH/c1-17(10-14(20)18-6-4-16-5-7-18)9-11-8-12(15)2-3-13(11)19(21)22;/h2-3,8,16H,4-7,9-10H2,1H3;1H. The van der Waals surface area contributed by atoms with Gasteiger partial charge in [0.15, 0.2) is 0 Å². The summed E-state index contributed by atoms with van der Waals surface area (Å²) in [5.74, 6) is 0.0358. The van der Waals surface area contributed by atoms with Gasteiger partial charge in [-0.15, -0.1) is 12.4 Å². The molecule has 1 heterocycles. The third-order valence-electron chi connectivity index (χ3n) is 3.55. The molecule has 1 amide bonds. The van der Waals surface area contributed by atoms with E-state index in [9.17, 15) is 14.9 Å². The molecule has 1 fully saturated rings. The van der Waals surface area contributed by atoms with E-state index in [1.54, 1.807) is 22.9 Å². The normalized spacial score (nSPS) is 14.5. The van der Waals surface area contributed by atoms with Gasteiger partial charge in [-0.1, -0.05) is 11.6 Å². The molecule has 1 aromatic carbocycles. The van der Waals surface area contributed by atoms with Crippen LogP contribution in [0.25, 0.3) is 0 Å². The van der Waals surface area contributed by atoms with Crippen LogP contribution in [0.1, 0.15) is 5.56 Å². The van der Waals surface area contributed by atoms with Crippen LogP contribution in [0.2, 0.25) is 5.02 Å². The van der Waals surface area contributed by atoms with E-state index < -0.39 is 4.92 Å². The van der Waals surface area contributed by atoms with Crippen LogP contribution in [-0.4, -0.2) is 60.4 Å². The van der Waals surface area contributed by atoms with Crippen LogP contribution < -0.4 is 5.32 Å². The average Bonchev–Trinajstić information content (AvgIpc) is 2.47. The van der Waals surface area contributed by atoms with Crippen molar-refractivity contribution in [1.29, 1.82) is 0 Å². The molecular weight excluding hydrogens is 343 g/mol. The van der Waals surface area contributed by atoms with Gasteiger partial charge >= 0.3 is 0 Å². The number of carbonyl (C=O) groups is 1. The number of amides is 1. The zero-order valence-corrected chi connectivity index (χ0v) is 14.4. The number of nitro groups is 1. The molecule has 7 nitrogen and oxygen atoms in total. The number of hydrogen-bond acceptors (Lipinski definition) is 5. The first-order valence-electron chi connectivity index (χ1n) is 7.07. The van der Waals surface area contributed by atoms with E-state index in [-0.39, 0.29) is 30.5 Å². The van der Waals surface area contributed by atoms with E-state index in [0.717, 1.165) is 13.1 Å². The summed E-state index contributed by atoms with van der Waals surface area (Å²) < 4.78 is 0. The molecule has 0 bridgehead atoms. The zero-order chi connectivity index (χ0) is 16.1. The quantitative estimate of drug-likeness (QED) is 0.634. The predicted molar refractivity (Wildman–Crippen MR) is 91.1 cm³/mol. The number of rotatable bonds is 5. The monoisotopic (exact) mass is 362 g/mol. The first kappa shape index (κ1) is 19.6. The van der Waals surface area contributed by atoms with E-state index in [1.807, 2.05) is 0 Å². The molecule has 9 heteroatoms. The largest absolute Gasteiger partial charge is 0.339 e. The summed E-state index contributed by atoms with van der Waals surface area (Å²) in [4.78, 5) is 26.4. The molecular formula is C14H20Cl2N4O3. The lowest BCUT2D eigenvalue weighted by molar-refractivity contribution is -0.385. The molecule has 0 radical (unpaired) electrons. The summed E-state index contributed by atoms with van der Waals surface area (Å²) in [5, 5.41) is 14.7. The number of likely N-dealkylation sites (N-methyl/N-ethyl adjacent to an activating group) is 1. The van der Waals surface area contributed by atoms with Gasteiger partial charge in [-0.2, -0.15) is 0 Å². The van der Waals surface area contributed by atoms with Crippen molar-refractivity contribution in [3.05, 3.63) is 38.9 Å². The number of carbonyl (C=O) groups excluding carboxylic acids is 1. The maximum absolute atomic E-state index is 12.2. The summed E-state index contributed by atoms with van der Waals surface area (Å²) in [7, 11) is 1.77. The third-order valence-corrected chi connectivity index (χ3v) is 3.79. The maximum Gasteiger partial charge on any atom is 0.273 e. The zero-order valence-electron chi connectivity index (χ0n) is 12.8. The van der Waals surface area contributed by atoms with Gasteiger partial charge in [-0.3, -0.25) is 19.8 Å². The highest BCUT2D eigenvalue weighted by Crippen LogP contribution is 2.23. The lowest BCUT2D eigenvalue weighted by atomic mass is 10.1. The van der Waals surface area contributed by atoms with Crippen molar-refractivity contribution in [2.24, 2.45) is 0 Å². The van der Waals surface area contributed by atoms with Crippen molar-refractivity contribution in [3.63, 3.8) is 0 Å². The second-order valence-electron chi connectivity index (χ2n) is 5.33. The lowest BCUT2D eigenvalue weighted by Gasteiger charge is -2.29. The van der Waals surface area contributed by atoms with Crippen LogP contribution in [-0.2, 0) is 11.3 Å². The lowest BCUT2D eigenvalue weighted by Crippen LogP contribution is -2.49. The van der Waals surface area contributed by atoms with Gasteiger partial charge in [0, 0.05) is 49.4 Å². The second-order valence-corrected chi connectivity index (χ2v) is 5.77. The van der Waals surface area contributed by atoms with Crippen molar-refractivity contribution in [3.8, 4) is 0 Å². The Bertz CT molecular complexity index is 565. The molecule has 0 spiro atoms. The molecule has 2 rings (SSSR count). The number of halogens is 2. The Labute approximate surface area is 146 Å². The molecule has 1 aliphatic rings. The minimum Gasteiger partial charge on any atom is -0.339 e. The van der Waals surface area contributed by atoms with Gasteiger partial charge in [0.05, 0.1) is 11.5 Å². The van der Waals surface area contributed by atoms with E-state index in [4.69, 9.17) is 11.6 Å². The minimum absolute atomic E-state index is 0. The summed E-state index contributed by atoms with van der Waals surface area (Å²) in [6.07, 6.45) is 0. The van der Waals surface area contributed by atoms with Crippen LogP contribution in [0.4, 0.5) is 5.69 Å². The summed E-state index contributed by atoms with van der Waals surface area (Å²) in [6.45, 7) is 3.52. The van der Waals surface area contributed by atoms with Crippen molar-refractivity contribution in [1.82, 2.24) is 15.1 Å². The SMILES string of the molecule is CN(CC(=O)N1CCNCC1)Cc1cc(Cl)ccc1[N+](=O)[O-].Cl. The Balaban J connectivity index is 0.00000264. The van der Waals surface area contributed by atoms with Crippen LogP contribution in [0.15, 0.2) is 18.2 Å².